The molecule has 0 fully saturated rings. The molecule has 1 heterocycles. The third-order valence-electron chi connectivity index (χ3n) is 1.66. The van der Waals surface area contributed by atoms with E-state index >= 15 is 0 Å². The van der Waals surface area contributed by atoms with Gasteiger partial charge >= 0.3 is 35.3 Å². The molecule has 0 unspecified atom stereocenters. The van der Waals surface area contributed by atoms with Crippen LogP contribution in [0.3, 0.4) is 0 Å². The van der Waals surface area contributed by atoms with E-state index in [1.54, 1.807) is 6.20 Å². The molecular formula is C9H8Cl2N2Pt. The Labute approximate surface area is 98.8 Å². The number of benzene rings is 1. The maximum atomic E-state index is 5.69. The normalized spacial score (nSPS) is 9.57. The van der Waals surface area contributed by atoms with Crippen LogP contribution in [0.15, 0.2) is 36.5 Å². The predicted molar refractivity (Wildman–Crippen MR) is 57.9 cm³/mol. The van der Waals surface area contributed by atoms with Crippen LogP contribution in [0.1, 0.15) is 0 Å². The Bertz CT molecular complexity index is 403. The summed E-state index contributed by atoms with van der Waals surface area (Å²) >= 11 is -0.472. The summed E-state index contributed by atoms with van der Waals surface area (Å²) in [5.74, 6) is 0. The second-order valence-corrected chi connectivity index (χ2v) is 5.75. The van der Waals surface area contributed by atoms with E-state index in [9.17, 15) is 0 Å². The zero-order chi connectivity index (χ0) is 10.4. The van der Waals surface area contributed by atoms with Crippen molar-refractivity contribution in [2.24, 2.45) is 0 Å². The fraction of sp³-hybridized carbons (Fsp3) is 0. The molecule has 0 atom stereocenters. The van der Waals surface area contributed by atoms with Gasteiger partial charge < -0.3 is 5.73 Å². The third kappa shape index (κ3) is 3.13. The molecule has 0 saturated carbocycles. The molecule has 0 bridgehead atoms. The molecule has 0 amide bonds. The van der Waals surface area contributed by atoms with Crippen molar-refractivity contribution in [3.63, 3.8) is 0 Å². The molecule has 14 heavy (non-hydrogen) atoms. The molecule has 0 spiro atoms. The molecule has 5 heteroatoms. The van der Waals surface area contributed by atoms with E-state index in [-0.39, 0.29) is 0 Å². The van der Waals surface area contributed by atoms with Crippen molar-refractivity contribution < 1.29 is 16.5 Å². The van der Waals surface area contributed by atoms with E-state index in [1.807, 2.05) is 30.3 Å². The van der Waals surface area contributed by atoms with Crippen LogP contribution in [-0.2, 0) is 16.5 Å². The number of nitrogen functional groups attached to an aromatic ring is 1. The van der Waals surface area contributed by atoms with E-state index in [2.05, 4.69) is 4.98 Å². The van der Waals surface area contributed by atoms with Crippen LogP contribution in [0.25, 0.3) is 10.9 Å². The van der Waals surface area contributed by atoms with Gasteiger partial charge in [0.2, 0.25) is 0 Å². The summed E-state index contributed by atoms with van der Waals surface area (Å²) in [6, 6.07) is 9.69. The van der Waals surface area contributed by atoms with E-state index < -0.39 is 16.5 Å². The van der Waals surface area contributed by atoms with Crippen molar-refractivity contribution in [2.75, 3.05) is 5.73 Å². The molecule has 1 aromatic heterocycles. The molecule has 2 nitrogen and oxygen atoms in total. The van der Waals surface area contributed by atoms with Crippen molar-refractivity contribution >= 4 is 35.4 Å². The molecular weight excluding hydrogens is 402 g/mol. The number of nitrogens with two attached hydrogens (primary N) is 1. The Morgan fingerprint density at radius 2 is 1.79 bits per heavy atom. The molecule has 0 radical (unpaired) electrons. The average molecular weight is 410 g/mol. The zero-order valence-electron chi connectivity index (χ0n) is 7.06. The second kappa shape index (κ2) is 6.23. The number of fused-ring (bicyclic) bond motifs is 1. The monoisotopic (exact) mass is 409 g/mol. The van der Waals surface area contributed by atoms with Crippen molar-refractivity contribution in [3.8, 4) is 0 Å². The average Bonchev–Trinajstić information content (AvgIpc) is 2.20. The van der Waals surface area contributed by atoms with E-state index in [1.165, 1.54) is 0 Å². The topological polar surface area (TPSA) is 38.9 Å². The number of hydrogen-bond donors (Lipinski definition) is 1. The molecule has 0 aliphatic heterocycles. The van der Waals surface area contributed by atoms with Crippen molar-refractivity contribution in [1.29, 1.82) is 0 Å². The first-order valence-electron chi connectivity index (χ1n) is 3.71. The van der Waals surface area contributed by atoms with Gasteiger partial charge in [0.25, 0.3) is 0 Å². The van der Waals surface area contributed by atoms with Gasteiger partial charge in [0.15, 0.2) is 0 Å². The van der Waals surface area contributed by atoms with Gasteiger partial charge in [-0.3, -0.25) is 4.98 Å². The second-order valence-electron chi connectivity index (χ2n) is 2.47. The van der Waals surface area contributed by atoms with Crippen molar-refractivity contribution in [2.45, 2.75) is 0 Å². The number of aromatic nitrogens is 1. The van der Waals surface area contributed by atoms with Gasteiger partial charge in [0, 0.05) is 11.6 Å². The summed E-state index contributed by atoms with van der Waals surface area (Å²) < 4.78 is 0. The molecule has 78 valence electrons. The number of hydrogen-bond acceptors (Lipinski definition) is 2. The van der Waals surface area contributed by atoms with Crippen LogP contribution in [0.2, 0.25) is 0 Å². The summed E-state index contributed by atoms with van der Waals surface area (Å²) in [6.45, 7) is 0. The van der Waals surface area contributed by atoms with Gasteiger partial charge in [-0.05, 0) is 12.1 Å². The van der Waals surface area contributed by atoms with E-state index in [4.69, 9.17) is 24.6 Å². The Morgan fingerprint density at radius 3 is 2.43 bits per heavy atom. The minimum atomic E-state index is -0.472. The molecule has 0 saturated heterocycles. The van der Waals surface area contributed by atoms with Crippen molar-refractivity contribution in [1.82, 2.24) is 4.98 Å². The summed E-state index contributed by atoms with van der Waals surface area (Å²) in [5.41, 5.74) is 7.32. The molecule has 2 aromatic rings. The van der Waals surface area contributed by atoms with Crippen LogP contribution in [0.5, 0.6) is 0 Å². The summed E-state index contributed by atoms with van der Waals surface area (Å²) in [4.78, 5) is 4.16. The Hall–Kier alpha value is -0.302. The predicted octanol–water partition coefficient (Wildman–Crippen LogP) is 3.19. The van der Waals surface area contributed by atoms with Crippen LogP contribution in [0.4, 0.5) is 5.69 Å². The number of pyridine rings is 1. The Morgan fingerprint density at radius 1 is 1.14 bits per heavy atom. The quantitative estimate of drug-likeness (QED) is 0.678. The number of anilines is 1. The number of para-hydroxylation sites is 1. The van der Waals surface area contributed by atoms with Crippen molar-refractivity contribution in [3.05, 3.63) is 36.5 Å². The molecule has 0 aliphatic rings. The van der Waals surface area contributed by atoms with Crippen LogP contribution < -0.4 is 5.73 Å². The molecule has 2 N–H and O–H groups in total. The maximum absolute atomic E-state index is 5.69. The third-order valence-corrected chi connectivity index (χ3v) is 1.66. The van der Waals surface area contributed by atoms with Crippen LogP contribution in [0, 0.1) is 0 Å². The summed E-state index contributed by atoms with van der Waals surface area (Å²) in [5, 5.41) is 1.09. The molecule has 1 aromatic carbocycles. The van der Waals surface area contributed by atoms with Gasteiger partial charge in [0.1, 0.15) is 0 Å². The fourth-order valence-electron chi connectivity index (χ4n) is 1.13. The minimum absolute atomic E-state index is 0.472. The zero-order valence-corrected chi connectivity index (χ0v) is 10.8. The summed E-state index contributed by atoms with van der Waals surface area (Å²) in [6.07, 6.45) is 1.75. The van der Waals surface area contributed by atoms with Gasteiger partial charge in [-0.2, -0.15) is 0 Å². The Kier molecular flexibility index (Phi) is 5.24. The number of nitrogens with zero attached hydrogens (tertiary/aromatic N) is 1. The summed E-state index contributed by atoms with van der Waals surface area (Å²) in [7, 11) is 9.75. The standard InChI is InChI=1S/C9H8N2.2ClH.Pt/c10-8-5-1-3-7-4-2-6-11-9(7)8;;;/h1-6H,10H2;2*1H;/q;;;+2/p-2. The number of rotatable bonds is 0. The first-order chi connectivity index (χ1) is 6.79. The van der Waals surface area contributed by atoms with Gasteiger partial charge in [0.05, 0.1) is 11.2 Å². The van der Waals surface area contributed by atoms with Crippen LogP contribution >= 0.6 is 18.8 Å². The molecule has 0 aliphatic carbocycles. The Balaban J connectivity index is 0.000000293. The molecule has 2 rings (SSSR count). The van der Waals surface area contributed by atoms with Gasteiger partial charge in [-0.1, -0.05) is 18.2 Å². The van der Waals surface area contributed by atoms with E-state index in [0.29, 0.717) is 0 Å². The van der Waals surface area contributed by atoms with Gasteiger partial charge in [-0.25, -0.2) is 0 Å². The first kappa shape index (κ1) is 11.8. The fourth-order valence-corrected chi connectivity index (χ4v) is 1.13. The van der Waals surface area contributed by atoms with Crippen LogP contribution in [-0.4, -0.2) is 4.98 Å². The SMILES string of the molecule is Nc1cccc2cccnc12.[Cl][Pt][Cl]. The first-order valence-corrected chi connectivity index (χ1v) is 9.34. The number of halogens is 2. The van der Waals surface area contributed by atoms with Gasteiger partial charge in [-0.15, -0.1) is 0 Å². The van der Waals surface area contributed by atoms with E-state index in [0.717, 1.165) is 16.6 Å².